The van der Waals surface area contributed by atoms with Crippen LogP contribution in [0, 0.1) is 0 Å². The maximum atomic E-state index is 6.05. The number of anilines is 2. The number of aromatic nitrogens is 2. The Morgan fingerprint density at radius 1 is 1.40 bits per heavy atom. The van der Waals surface area contributed by atoms with E-state index in [4.69, 9.17) is 11.5 Å². The van der Waals surface area contributed by atoms with E-state index < -0.39 is 0 Å². The lowest BCUT2D eigenvalue weighted by molar-refractivity contribution is 0.797. The predicted octanol–water partition coefficient (Wildman–Crippen LogP) is 2.07. The van der Waals surface area contributed by atoms with E-state index in [1.165, 1.54) is 0 Å². The van der Waals surface area contributed by atoms with Gasteiger partial charge in [-0.2, -0.15) is 5.10 Å². The maximum Gasteiger partial charge on any atom is 0.0903 e. The van der Waals surface area contributed by atoms with Crippen LogP contribution in [0.25, 0.3) is 10.9 Å². The summed E-state index contributed by atoms with van der Waals surface area (Å²) in [5, 5.41) is 7.76. The van der Waals surface area contributed by atoms with Gasteiger partial charge in [-0.3, -0.25) is 5.10 Å². The highest BCUT2D eigenvalue weighted by atomic mass is 15.1. The van der Waals surface area contributed by atoms with Gasteiger partial charge in [0, 0.05) is 11.1 Å². The first-order valence-corrected chi connectivity index (χ1v) is 5.24. The smallest absolute Gasteiger partial charge is 0.0903 e. The summed E-state index contributed by atoms with van der Waals surface area (Å²) >= 11 is 0. The van der Waals surface area contributed by atoms with E-state index in [1.807, 2.05) is 6.07 Å². The third-order valence-electron chi connectivity index (χ3n) is 2.70. The first-order valence-electron chi connectivity index (χ1n) is 5.24. The van der Waals surface area contributed by atoms with Gasteiger partial charge >= 0.3 is 0 Å². The number of H-pyrrole nitrogens is 1. The number of nitrogen functional groups attached to an aromatic ring is 2. The zero-order valence-electron chi connectivity index (χ0n) is 8.88. The van der Waals surface area contributed by atoms with Gasteiger partial charge in [0.15, 0.2) is 0 Å². The van der Waals surface area contributed by atoms with Crippen LogP contribution in [-0.4, -0.2) is 10.2 Å². The summed E-state index contributed by atoms with van der Waals surface area (Å²) in [4.78, 5) is 0. The standard InChI is InChI=1S/C11H16N4/c1-2-3-4-7-5-9(12)8-6-14-15-11(8)10(7)13/h5-6H,2-4,12-13H2,1H3,(H,14,15). The van der Waals surface area contributed by atoms with Crippen molar-refractivity contribution in [1.82, 2.24) is 10.2 Å². The molecule has 0 saturated heterocycles. The van der Waals surface area contributed by atoms with Gasteiger partial charge in [-0.25, -0.2) is 0 Å². The number of fused-ring (bicyclic) bond motifs is 1. The molecule has 0 aliphatic carbocycles. The Morgan fingerprint density at radius 3 is 2.93 bits per heavy atom. The summed E-state index contributed by atoms with van der Waals surface area (Å²) in [5.41, 5.74) is 15.5. The van der Waals surface area contributed by atoms with E-state index in [9.17, 15) is 0 Å². The van der Waals surface area contributed by atoms with Crippen LogP contribution in [0.5, 0.6) is 0 Å². The van der Waals surface area contributed by atoms with Crippen molar-refractivity contribution in [3.63, 3.8) is 0 Å². The van der Waals surface area contributed by atoms with Gasteiger partial charge in [0.05, 0.1) is 17.4 Å². The molecule has 0 unspecified atom stereocenters. The van der Waals surface area contributed by atoms with E-state index in [2.05, 4.69) is 17.1 Å². The molecular formula is C11H16N4. The second kappa shape index (κ2) is 3.81. The third kappa shape index (κ3) is 1.63. The fraction of sp³-hybridized carbons (Fsp3) is 0.364. The molecule has 1 aromatic heterocycles. The van der Waals surface area contributed by atoms with Crippen LogP contribution in [0.1, 0.15) is 25.3 Å². The highest BCUT2D eigenvalue weighted by Crippen LogP contribution is 2.29. The zero-order valence-corrected chi connectivity index (χ0v) is 8.88. The lowest BCUT2D eigenvalue weighted by Gasteiger charge is -2.07. The van der Waals surface area contributed by atoms with Crippen molar-refractivity contribution in [2.45, 2.75) is 26.2 Å². The summed E-state index contributed by atoms with van der Waals surface area (Å²) in [5.74, 6) is 0. The lowest BCUT2D eigenvalue weighted by atomic mass is 10.0. The SMILES string of the molecule is CCCCc1cc(N)c2cn[nH]c2c1N. The van der Waals surface area contributed by atoms with Gasteiger partial charge in [-0.05, 0) is 24.5 Å². The highest BCUT2D eigenvalue weighted by molar-refractivity contribution is 5.98. The van der Waals surface area contributed by atoms with Crippen LogP contribution in [0.15, 0.2) is 12.3 Å². The Kier molecular flexibility index (Phi) is 2.49. The minimum absolute atomic E-state index is 0.749. The van der Waals surface area contributed by atoms with Crippen molar-refractivity contribution in [2.75, 3.05) is 11.5 Å². The highest BCUT2D eigenvalue weighted by Gasteiger charge is 2.09. The van der Waals surface area contributed by atoms with E-state index in [-0.39, 0.29) is 0 Å². The number of nitrogens with two attached hydrogens (primary N) is 2. The number of aromatic amines is 1. The number of benzene rings is 1. The normalized spacial score (nSPS) is 11.0. The minimum Gasteiger partial charge on any atom is -0.398 e. The van der Waals surface area contributed by atoms with Crippen LogP contribution in [-0.2, 0) is 6.42 Å². The Morgan fingerprint density at radius 2 is 2.20 bits per heavy atom. The molecule has 0 aliphatic heterocycles. The van der Waals surface area contributed by atoms with Crippen LogP contribution < -0.4 is 11.5 Å². The van der Waals surface area contributed by atoms with E-state index in [1.54, 1.807) is 6.20 Å². The summed E-state index contributed by atoms with van der Waals surface area (Å²) in [6.07, 6.45) is 4.97. The van der Waals surface area contributed by atoms with E-state index in [0.717, 1.165) is 47.1 Å². The van der Waals surface area contributed by atoms with Crippen molar-refractivity contribution in [1.29, 1.82) is 0 Å². The van der Waals surface area contributed by atoms with Crippen LogP contribution in [0.2, 0.25) is 0 Å². The maximum absolute atomic E-state index is 6.05. The Bertz CT molecular complexity index is 473. The number of nitrogens with one attached hydrogen (secondary N) is 1. The van der Waals surface area contributed by atoms with Gasteiger partial charge in [-0.15, -0.1) is 0 Å². The summed E-state index contributed by atoms with van der Waals surface area (Å²) in [7, 11) is 0. The van der Waals surface area contributed by atoms with E-state index in [0.29, 0.717) is 0 Å². The molecule has 0 saturated carbocycles. The lowest BCUT2D eigenvalue weighted by Crippen LogP contribution is -1.98. The molecule has 2 aromatic rings. The quantitative estimate of drug-likeness (QED) is 0.669. The number of nitrogens with zero attached hydrogens (tertiary/aromatic N) is 1. The zero-order chi connectivity index (χ0) is 10.8. The molecule has 0 atom stereocenters. The summed E-state index contributed by atoms with van der Waals surface area (Å²) in [6, 6.07) is 1.96. The molecule has 4 heteroatoms. The molecule has 5 N–H and O–H groups in total. The van der Waals surface area contributed by atoms with Crippen molar-refractivity contribution < 1.29 is 0 Å². The average molecular weight is 204 g/mol. The molecule has 15 heavy (non-hydrogen) atoms. The Hall–Kier alpha value is -1.71. The molecule has 0 fully saturated rings. The fourth-order valence-corrected chi connectivity index (χ4v) is 1.79. The molecular weight excluding hydrogens is 188 g/mol. The van der Waals surface area contributed by atoms with Crippen LogP contribution in [0.4, 0.5) is 11.4 Å². The molecule has 4 nitrogen and oxygen atoms in total. The molecule has 0 bridgehead atoms. The molecule has 0 aliphatic rings. The first-order chi connectivity index (χ1) is 7.24. The molecule has 1 heterocycles. The second-order valence-corrected chi connectivity index (χ2v) is 3.80. The molecule has 0 spiro atoms. The van der Waals surface area contributed by atoms with Crippen LogP contribution >= 0.6 is 0 Å². The molecule has 2 rings (SSSR count). The van der Waals surface area contributed by atoms with Crippen molar-refractivity contribution in [3.8, 4) is 0 Å². The van der Waals surface area contributed by atoms with Gasteiger partial charge in [0.2, 0.25) is 0 Å². The van der Waals surface area contributed by atoms with Crippen LogP contribution in [0.3, 0.4) is 0 Å². The second-order valence-electron chi connectivity index (χ2n) is 3.80. The number of hydrogen-bond donors (Lipinski definition) is 3. The number of hydrogen-bond acceptors (Lipinski definition) is 3. The monoisotopic (exact) mass is 204 g/mol. The average Bonchev–Trinajstić information content (AvgIpc) is 2.70. The number of rotatable bonds is 3. The van der Waals surface area contributed by atoms with Crippen molar-refractivity contribution >= 4 is 22.3 Å². The van der Waals surface area contributed by atoms with Gasteiger partial charge in [0.1, 0.15) is 0 Å². The molecule has 0 radical (unpaired) electrons. The van der Waals surface area contributed by atoms with Gasteiger partial charge < -0.3 is 11.5 Å². The first kappa shape index (κ1) is 9.83. The number of aryl methyl sites for hydroxylation is 1. The van der Waals surface area contributed by atoms with Crippen molar-refractivity contribution in [2.24, 2.45) is 0 Å². The van der Waals surface area contributed by atoms with Gasteiger partial charge in [-0.1, -0.05) is 13.3 Å². The number of unbranched alkanes of at least 4 members (excludes halogenated alkanes) is 1. The molecule has 80 valence electrons. The Balaban J connectivity index is 2.51. The minimum atomic E-state index is 0.749. The summed E-state index contributed by atoms with van der Waals surface area (Å²) < 4.78 is 0. The van der Waals surface area contributed by atoms with E-state index >= 15 is 0 Å². The summed E-state index contributed by atoms with van der Waals surface area (Å²) in [6.45, 7) is 2.16. The largest absolute Gasteiger partial charge is 0.398 e. The topological polar surface area (TPSA) is 80.7 Å². The fourth-order valence-electron chi connectivity index (χ4n) is 1.79. The van der Waals surface area contributed by atoms with Gasteiger partial charge in [0.25, 0.3) is 0 Å². The predicted molar refractivity (Wildman–Crippen MR) is 63.5 cm³/mol. The Labute approximate surface area is 88.6 Å². The molecule has 1 aromatic carbocycles. The molecule has 0 amide bonds. The third-order valence-corrected chi connectivity index (χ3v) is 2.70. The van der Waals surface area contributed by atoms with Crippen molar-refractivity contribution in [3.05, 3.63) is 17.8 Å².